The van der Waals surface area contributed by atoms with Crippen molar-refractivity contribution in [3.8, 4) is 28.4 Å². The van der Waals surface area contributed by atoms with Crippen molar-refractivity contribution in [1.29, 1.82) is 0 Å². The van der Waals surface area contributed by atoms with Crippen LogP contribution in [-0.4, -0.2) is 58.8 Å². The van der Waals surface area contributed by atoms with E-state index in [1.54, 1.807) is 33.5 Å². The first-order valence-corrected chi connectivity index (χ1v) is 15.5. The van der Waals surface area contributed by atoms with E-state index in [1.807, 2.05) is 26.0 Å². The highest BCUT2D eigenvalue weighted by atomic mass is 16.5. The first-order chi connectivity index (χ1) is 21.6. The standard InChI is InChI=1S/C34H47N3O8/c1-8-20(2)31(34(41)45-7)37-29(40)12-10-9-11-17-35-26-16-14-23-24(19-27(26)39)25(36-21(3)38)15-13-22-18-28(42-4)32(43-5)33(44-6)30(22)23/h14,16,18-20,25,31H,8-13,15,17H2,1-7H3,(H,35,39)(H,36,38)(H,37,40). The first-order valence-electron chi connectivity index (χ1n) is 15.5. The molecular weight excluding hydrogens is 578 g/mol. The van der Waals surface area contributed by atoms with Crippen molar-refractivity contribution >= 4 is 23.5 Å². The van der Waals surface area contributed by atoms with Crippen LogP contribution in [0.1, 0.15) is 76.5 Å². The van der Waals surface area contributed by atoms with E-state index < -0.39 is 12.0 Å². The van der Waals surface area contributed by atoms with Gasteiger partial charge in [-0.2, -0.15) is 0 Å². The molecular formula is C34H47N3O8. The van der Waals surface area contributed by atoms with Crippen LogP contribution in [0.4, 0.5) is 5.69 Å². The molecule has 0 aliphatic heterocycles. The van der Waals surface area contributed by atoms with Crippen molar-refractivity contribution < 1.29 is 33.3 Å². The van der Waals surface area contributed by atoms with Gasteiger partial charge >= 0.3 is 5.97 Å². The lowest BCUT2D eigenvalue weighted by molar-refractivity contribution is -0.146. The summed E-state index contributed by atoms with van der Waals surface area (Å²) in [6.07, 6.45) is 4.37. The molecule has 1 aliphatic carbocycles. The number of rotatable bonds is 15. The highest BCUT2D eigenvalue weighted by Crippen LogP contribution is 2.50. The number of esters is 1. The Hall–Kier alpha value is -4.28. The predicted molar refractivity (Wildman–Crippen MR) is 173 cm³/mol. The number of fused-ring (bicyclic) bond motifs is 3. The number of nitrogens with one attached hydrogen (secondary N) is 3. The summed E-state index contributed by atoms with van der Waals surface area (Å²) in [5.41, 5.74) is 3.43. The summed E-state index contributed by atoms with van der Waals surface area (Å²) in [5.74, 6) is 0.646. The number of carbonyl (C=O) groups excluding carboxylic acids is 3. The maximum atomic E-state index is 13.5. The second-order valence-electron chi connectivity index (χ2n) is 11.3. The number of hydrogen-bond donors (Lipinski definition) is 3. The van der Waals surface area contributed by atoms with Crippen molar-refractivity contribution in [2.75, 3.05) is 40.3 Å². The van der Waals surface area contributed by atoms with Gasteiger partial charge in [-0.05, 0) is 66.5 Å². The normalized spacial score (nSPS) is 14.9. The van der Waals surface area contributed by atoms with E-state index in [9.17, 15) is 19.2 Å². The SMILES string of the molecule is CCC(C)C(NC(=O)CCCCCNc1ccc2c(cc1=O)C(NC(C)=O)CCc1cc(OC)c(OC)c(OC)c1-2)C(=O)OC. The van der Waals surface area contributed by atoms with E-state index in [4.69, 9.17) is 18.9 Å². The molecule has 2 aromatic carbocycles. The van der Waals surface area contributed by atoms with E-state index in [0.29, 0.717) is 60.7 Å². The van der Waals surface area contributed by atoms with Gasteiger partial charge in [0, 0.05) is 25.5 Å². The lowest BCUT2D eigenvalue weighted by Crippen LogP contribution is -2.45. The van der Waals surface area contributed by atoms with Gasteiger partial charge in [-0.15, -0.1) is 0 Å². The topological polar surface area (TPSA) is 141 Å². The summed E-state index contributed by atoms with van der Waals surface area (Å²) in [5, 5.41) is 9.06. The Morgan fingerprint density at radius 1 is 0.978 bits per heavy atom. The molecule has 1 aliphatic rings. The molecule has 0 spiro atoms. The van der Waals surface area contributed by atoms with Gasteiger partial charge in [-0.3, -0.25) is 14.4 Å². The lowest BCUT2D eigenvalue weighted by atomic mass is 9.95. The highest BCUT2D eigenvalue weighted by Gasteiger charge is 2.30. The number of anilines is 1. The van der Waals surface area contributed by atoms with Gasteiger partial charge in [0.25, 0.3) is 0 Å². The third-order valence-electron chi connectivity index (χ3n) is 8.30. The molecule has 45 heavy (non-hydrogen) atoms. The molecule has 3 atom stereocenters. The molecule has 3 N–H and O–H groups in total. The van der Waals surface area contributed by atoms with Crippen molar-refractivity contribution in [3.63, 3.8) is 0 Å². The largest absolute Gasteiger partial charge is 0.493 e. The maximum absolute atomic E-state index is 13.5. The molecule has 0 saturated heterocycles. The zero-order chi connectivity index (χ0) is 33.1. The Morgan fingerprint density at radius 2 is 1.71 bits per heavy atom. The van der Waals surface area contributed by atoms with Gasteiger partial charge in [0.1, 0.15) is 6.04 Å². The van der Waals surface area contributed by atoms with Gasteiger partial charge in [-0.25, -0.2) is 4.79 Å². The van der Waals surface area contributed by atoms with Crippen LogP contribution >= 0.6 is 0 Å². The van der Waals surface area contributed by atoms with Gasteiger partial charge in [-0.1, -0.05) is 32.8 Å². The van der Waals surface area contributed by atoms with Crippen LogP contribution in [0.3, 0.4) is 0 Å². The molecule has 0 radical (unpaired) electrons. The minimum absolute atomic E-state index is 0.0259. The number of aryl methyl sites for hydroxylation is 1. The number of hydrogen-bond acceptors (Lipinski definition) is 9. The van der Waals surface area contributed by atoms with E-state index in [0.717, 1.165) is 36.0 Å². The molecule has 2 aromatic rings. The number of methoxy groups -OCH3 is 4. The van der Waals surface area contributed by atoms with Crippen LogP contribution in [0, 0.1) is 5.92 Å². The molecule has 3 rings (SSSR count). The van der Waals surface area contributed by atoms with Crippen LogP contribution in [-0.2, 0) is 25.5 Å². The summed E-state index contributed by atoms with van der Waals surface area (Å²) in [7, 11) is 6.00. The Bertz CT molecular complexity index is 1430. The highest BCUT2D eigenvalue weighted by molar-refractivity contribution is 5.85. The fraction of sp³-hybridized carbons (Fsp3) is 0.529. The Balaban J connectivity index is 1.78. The van der Waals surface area contributed by atoms with Crippen molar-refractivity contribution in [2.24, 2.45) is 5.92 Å². The Labute approximate surface area is 265 Å². The fourth-order valence-electron chi connectivity index (χ4n) is 5.71. The first kappa shape index (κ1) is 35.2. The smallest absolute Gasteiger partial charge is 0.328 e. The fourth-order valence-corrected chi connectivity index (χ4v) is 5.71. The molecule has 0 saturated carbocycles. The number of ether oxygens (including phenoxy) is 4. The zero-order valence-corrected chi connectivity index (χ0v) is 27.5. The van der Waals surface area contributed by atoms with Crippen LogP contribution < -0.4 is 35.6 Å². The minimum atomic E-state index is -0.654. The third-order valence-corrected chi connectivity index (χ3v) is 8.30. The van der Waals surface area contributed by atoms with Crippen molar-refractivity contribution in [1.82, 2.24) is 10.6 Å². The van der Waals surface area contributed by atoms with Gasteiger partial charge in [0.15, 0.2) is 11.5 Å². The molecule has 0 aromatic heterocycles. The molecule has 2 amide bonds. The molecule has 0 fully saturated rings. The molecule has 0 heterocycles. The van der Waals surface area contributed by atoms with E-state index in [2.05, 4.69) is 16.0 Å². The van der Waals surface area contributed by atoms with Crippen LogP contribution in [0.15, 0.2) is 29.1 Å². The minimum Gasteiger partial charge on any atom is -0.493 e. The average molecular weight is 626 g/mol. The van der Waals surface area contributed by atoms with Crippen molar-refractivity contribution in [2.45, 2.75) is 77.8 Å². The van der Waals surface area contributed by atoms with E-state index >= 15 is 0 Å². The number of carbonyl (C=O) groups is 3. The predicted octanol–water partition coefficient (Wildman–Crippen LogP) is 4.54. The molecule has 3 unspecified atom stereocenters. The monoisotopic (exact) mass is 625 g/mol. The van der Waals surface area contributed by atoms with Gasteiger partial charge in [0.05, 0.1) is 40.2 Å². The molecule has 0 bridgehead atoms. The lowest BCUT2D eigenvalue weighted by Gasteiger charge is -2.21. The van der Waals surface area contributed by atoms with Crippen molar-refractivity contribution in [3.05, 3.63) is 45.6 Å². The molecule has 11 heteroatoms. The van der Waals surface area contributed by atoms with Crippen LogP contribution in [0.5, 0.6) is 17.2 Å². The number of unbranched alkanes of at least 4 members (excludes halogenated alkanes) is 2. The quantitative estimate of drug-likeness (QED) is 0.192. The second kappa shape index (κ2) is 16.7. The molecule has 246 valence electrons. The summed E-state index contributed by atoms with van der Waals surface area (Å²) in [6.45, 7) is 5.86. The Kier molecular flexibility index (Phi) is 13.1. The second-order valence-corrected chi connectivity index (χ2v) is 11.3. The summed E-state index contributed by atoms with van der Waals surface area (Å²) in [6, 6.07) is 6.10. The maximum Gasteiger partial charge on any atom is 0.328 e. The third kappa shape index (κ3) is 8.67. The van der Waals surface area contributed by atoms with E-state index in [-0.39, 0.29) is 29.2 Å². The molecule has 11 nitrogen and oxygen atoms in total. The van der Waals surface area contributed by atoms with E-state index in [1.165, 1.54) is 14.0 Å². The van der Waals surface area contributed by atoms with Gasteiger partial charge in [0.2, 0.25) is 23.0 Å². The van der Waals surface area contributed by atoms with Gasteiger partial charge < -0.3 is 34.9 Å². The summed E-state index contributed by atoms with van der Waals surface area (Å²) < 4.78 is 21.9. The average Bonchev–Trinajstić information content (AvgIpc) is 3.27. The number of amides is 2. The number of benzene rings is 1. The zero-order valence-electron chi connectivity index (χ0n) is 27.5. The summed E-state index contributed by atoms with van der Waals surface area (Å²) in [4.78, 5) is 50.1. The van der Waals surface area contributed by atoms with Crippen LogP contribution in [0.2, 0.25) is 0 Å². The Morgan fingerprint density at radius 3 is 2.33 bits per heavy atom. The summed E-state index contributed by atoms with van der Waals surface area (Å²) >= 11 is 0. The van der Waals surface area contributed by atoms with Crippen LogP contribution in [0.25, 0.3) is 11.1 Å².